The largest absolute Gasteiger partial charge is 0.0873 e. The van der Waals surface area contributed by atoms with Crippen LogP contribution < -0.4 is 0 Å². The van der Waals surface area contributed by atoms with Crippen molar-refractivity contribution in [2.75, 3.05) is 0 Å². The van der Waals surface area contributed by atoms with E-state index in [-0.39, 0.29) is 5.54 Å². The van der Waals surface area contributed by atoms with E-state index < -0.39 is 0 Å². The summed E-state index contributed by atoms with van der Waals surface area (Å²) in [6, 6.07) is 0. The molecule has 2 atom stereocenters. The normalized spacial score (nSPS) is 37.8. The van der Waals surface area contributed by atoms with E-state index >= 15 is 0 Å². The second-order valence-corrected chi connectivity index (χ2v) is 3.69. The summed E-state index contributed by atoms with van der Waals surface area (Å²) in [7, 11) is 0. The quantitative estimate of drug-likeness (QED) is 0.315. The maximum Gasteiger partial charge on any atom is 0.0485 e. The van der Waals surface area contributed by atoms with Crippen LogP contribution in [-0.2, 0) is 0 Å². The molecule has 1 saturated carbocycles. The van der Waals surface area contributed by atoms with E-state index in [1.165, 1.54) is 19.3 Å². The van der Waals surface area contributed by atoms with Crippen molar-refractivity contribution in [3.8, 4) is 0 Å². The Balaban J connectivity index is 2.72. The molecule has 0 radical (unpaired) electrons. The second-order valence-electron chi connectivity index (χ2n) is 3.69. The van der Waals surface area contributed by atoms with Gasteiger partial charge in [-0.2, -0.15) is 0 Å². The first-order valence-corrected chi connectivity index (χ1v) is 4.25. The van der Waals surface area contributed by atoms with E-state index in [1.807, 2.05) is 0 Å². The van der Waals surface area contributed by atoms with E-state index in [9.17, 15) is 0 Å². The molecule has 3 heteroatoms. The maximum atomic E-state index is 8.36. The Morgan fingerprint density at radius 1 is 1.55 bits per heavy atom. The van der Waals surface area contributed by atoms with Crippen LogP contribution in [0.15, 0.2) is 5.11 Å². The highest BCUT2D eigenvalue weighted by molar-refractivity contribution is 4.91. The molecule has 0 aliphatic heterocycles. The van der Waals surface area contributed by atoms with Gasteiger partial charge in [-0.15, -0.1) is 0 Å². The molecule has 0 amide bonds. The van der Waals surface area contributed by atoms with Crippen molar-refractivity contribution >= 4 is 0 Å². The van der Waals surface area contributed by atoms with E-state index in [1.54, 1.807) is 0 Å². The fourth-order valence-electron chi connectivity index (χ4n) is 1.74. The third kappa shape index (κ3) is 1.66. The highest BCUT2D eigenvalue weighted by Crippen LogP contribution is 2.36. The molecule has 0 aromatic carbocycles. The number of azide groups is 1. The molecule has 3 nitrogen and oxygen atoms in total. The van der Waals surface area contributed by atoms with E-state index in [2.05, 4.69) is 23.9 Å². The lowest BCUT2D eigenvalue weighted by atomic mass is 9.76. The van der Waals surface area contributed by atoms with Crippen LogP contribution >= 0.6 is 0 Å². The fourth-order valence-corrected chi connectivity index (χ4v) is 1.74. The highest BCUT2D eigenvalue weighted by atomic mass is 15.2. The van der Waals surface area contributed by atoms with Crippen molar-refractivity contribution in [3.63, 3.8) is 0 Å². The van der Waals surface area contributed by atoms with Crippen molar-refractivity contribution < 1.29 is 0 Å². The first-order chi connectivity index (χ1) is 5.19. The number of hydrogen-bond donors (Lipinski definition) is 0. The molecule has 1 aliphatic carbocycles. The van der Waals surface area contributed by atoms with Crippen LogP contribution in [0.5, 0.6) is 0 Å². The smallest absolute Gasteiger partial charge is 0.0485 e. The predicted octanol–water partition coefficient (Wildman–Crippen LogP) is 3.27. The van der Waals surface area contributed by atoms with Gasteiger partial charge in [-0.05, 0) is 17.9 Å². The molecule has 0 aromatic rings. The van der Waals surface area contributed by atoms with Crippen molar-refractivity contribution in [1.29, 1.82) is 0 Å². The molecule has 0 N–H and O–H groups in total. The molecular weight excluding hydrogens is 138 g/mol. The van der Waals surface area contributed by atoms with Gasteiger partial charge in [-0.25, -0.2) is 0 Å². The Kier molecular flexibility index (Phi) is 2.40. The van der Waals surface area contributed by atoms with Gasteiger partial charge < -0.3 is 0 Å². The number of hydrogen-bond acceptors (Lipinski definition) is 1. The highest BCUT2D eigenvalue weighted by Gasteiger charge is 2.32. The fraction of sp³-hybridized carbons (Fsp3) is 1.00. The topological polar surface area (TPSA) is 48.8 Å². The third-order valence-corrected chi connectivity index (χ3v) is 2.90. The second kappa shape index (κ2) is 3.14. The molecule has 0 bridgehead atoms. The zero-order valence-corrected chi connectivity index (χ0v) is 7.25. The van der Waals surface area contributed by atoms with E-state index in [0.29, 0.717) is 5.92 Å². The van der Waals surface area contributed by atoms with E-state index in [4.69, 9.17) is 5.53 Å². The zero-order valence-electron chi connectivity index (χ0n) is 7.25. The number of nitrogens with zero attached hydrogens (tertiary/aromatic N) is 3. The zero-order chi connectivity index (χ0) is 8.32. The van der Waals surface area contributed by atoms with Gasteiger partial charge in [-0.1, -0.05) is 38.2 Å². The van der Waals surface area contributed by atoms with Crippen molar-refractivity contribution in [1.82, 2.24) is 0 Å². The molecule has 1 rings (SSSR count). The minimum Gasteiger partial charge on any atom is -0.0873 e. The van der Waals surface area contributed by atoms with Gasteiger partial charge in [0.2, 0.25) is 0 Å². The minimum absolute atomic E-state index is 0.104. The van der Waals surface area contributed by atoms with Crippen LogP contribution in [0.1, 0.15) is 39.5 Å². The Hall–Kier alpha value is -0.690. The summed E-state index contributed by atoms with van der Waals surface area (Å²) in [4.78, 5) is 2.91. The average molecular weight is 153 g/mol. The van der Waals surface area contributed by atoms with Crippen molar-refractivity contribution in [3.05, 3.63) is 10.4 Å². The monoisotopic (exact) mass is 153 g/mol. The van der Waals surface area contributed by atoms with Gasteiger partial charge in [0.15, 0.2) is 0 Å². The van der Waals surface area contributed by atoms with Crippen molar-refractivity contribution in [2.45, 2.75) is 45.1 Å². The van der Waals surface area contributed by atoms with Gasteiger partial charge in [-0.3, -0.25) is 0 Å². The summed E-state index contributed by atoms with van der Waals surface area (Å²) in [6.45, 7) is 4.24. The molecule has 0 heterocycles. The lowest BCUT2D eigenvalue weighted by molar-refractivity contribution is 0.226. The molecule has 0 spiro atoms. The van der Waals surface area contributed by atoms with Gasteiger partial charge in [0.25, 0.3) is 0 Å². The van der Waals surface area contributed by atoms with Gasteiger partial charge in [0.1, 0.15) is 0 Å². The molecule has 0 saturated heterocycles. The summed E-state index contributed by atoms with van der Waals surface area (Å²) < 4.78 is 0. The molecule has 0 unspecified atom stereocenters. The summed E-state index contributed by atoms with van der Waals surface area (Å²) in [6.07, 6.45) is 4.76. The standard InChI is InChI=1S/C8H15N3/c1-7-5-3-4-6-8(7,2)10-11-9/h7H,3-6H2,1-2H3/t7-,8-/m1/s1. The Morgan fingerprint density at radius 3 is 2.82 bits per heavy atom. The minimum atomic E-state index is -0.104. The first-order valence-electron chi connectivity index (χ1n) is 4.25. The van der Waals surface area contributed by atoms with Crippen LogP contribution in [0.3, 0.4) is 0 Å². The summed E-state index contributed by atoms with van der Waals surface area (Å²) in [5.41, 5.74) is 8.26. The van der Waals surface area contributed by atoms with Crippen LogP contribution in [0.25, 0.3) is 10.4 Å². The Labute approximate surface area is 67.4 Å². The molecule has 11 heavy (non-hydrogen) atoms. The first kappa shape index (κ1) is 8.41. The van der Waals surface area contributed by atoms with Crippen LogP contribution in [0, 0.1) is 5.92 Å². The molecule has 0 aromatic heterocycles. The average Bonchev–Trinajstić information content (AvgIpc) is 1.96. The SMILES string of the molecule is C[C@@H]1CCCC[C@@]1(C)N=[N+]=[N-]. The summed E-state index contributed by atoms with van der Waals surface area (Å²) in [5, 5.41) is 3.88. The van der Waals surface area contributed by atoms with Gasteiger partial charge >= 0.3 is 0 Å². The summed E-state index contributed by atoms with van der Waals surface area (Å²) >= 11 is 0. The van der Waals surface area contributed by atoms with Crippen molar-refractivity contribution in [2.24, 2.45) is 11.0 Å². The summed E-state index contributed by atoms with van der Waals surface area (Å²) in [5.74, 6) is 0.548. The molecule has 1 aliphatic rings. The van der Waals surface area contributed by atoms with E-state index in [0.717, 1.165) is 6.42 Å². The molecular formula is C8H15N3. The van der Waals surface area contributed by atoms with Crippen LogP contribution in [0.2, 0.25) is 0 Å². The van der Waals surface area contributed by atoms with Crippen LogP contribution in [0.4, 0.5) is 0 Å². The van der Waals surface area contributed by atoms with Crippen LogP contribution in [-0.4, -0.2) is 5.54 Å². The third-order valence-electron chi connectivity index (χ3n) is 2.90. The number of rotatable bonds is 1. The Bertz CT molecular complexity index is 184. The Morgan fingerprint density at radius 2 is 2.27 bits per heavy atom. The van der Waals surface area contributed by atoms with Gasteiger partial charge in [0.05, 0.1) is 0 Å². The molecule has 1 fully saturated rings. The lowest BCUT2D eigenvalue weighted by Crippen LogP contribution is -2.33. The predicted molar refractivity (Wildman–Crippen MR) is 45.2 cm³/mol. The lowest BCUT2D eigenvalue weighted by Gasteiger charge is -2.35. The van der Waals surface area contributed by atoms with Gasteiger partial charge in [0, 0.05) is 10.5 Å². The maximum absolute atomic E-state index is 8.36. The molecule has 62 valence electrons.